The van der Waals surface area contributed by atoms with Crippen molar-refractivity contribution in [2.45, 2.75) is 96.8 Å². The van der Waals surface area contributed by atoms with Gasteiger partial charge in [-0.1, -0.05) is 81.2 Å². The molecule has 1 heterocycles. The number of allylic oxidation sites excluding steroid dienone is 5. The number of hydrogen-bond acceptors (Lipinski definition) is 2. The minimum atomic E-state index is 0.392. The van der Waals surface area contributed by atoms with Crippen molar-refractivity contribution in [1.82, 2.24) is 0 Å². The van der Waals surface area contributed by atoms with E-state index in [1.807, 2.05) is 6.20 Å². The standard InChI is InChI=1S/C31H41NO/c1-3-23(4-2)17-18-29(33)21-24-10-7-12-26(20-24)27-13-8-14-28(22-27)31-30-16-6-5-11-25(30)15-9-19-32-31/h6-7,9-10,12,16,19-20,23,27-28H,3-5,8,11,13-15,17-18,21-22H2,1-2H3. The molecule has 0 bridgehead atoms. The summed E-state index contributed by atoms with van der Waals surface area (Å²) < 4.78 is 0. The molecule has 0 N–H and O–H groups in total. The zero-order valence-electron chi connectivity index (χ0n) is 20.7. The van der Waals surface area contributed by atoms with Crippen LogP contribution in [0, 0.1) is 11.8 Å². The average Bonchev–Trinajstić information content (AvgIpc) is 3.07. The van der Waals surface area contributed by atoms with Gasteiger partial charge in [0.2, 0.25) is 0 Å². The number of Topliss-reactive ketones (excluding diaryl/α,β-unsaturated/α-hetero) is 1. The van der Waals surface area contributed by atoms with Crippen molar-refractivity contribution in [3.63, 3.8) is 0 Å². The zero-order valence-corrected chi connectivity index (χ0v) is 20.7. The molecular weight excluding hydrogens is 402 g/mol. The van der Waals surface area contributed by atoms with Gasteiger partial charge in [0.25, 0.3) is 0 Å². The lowest BCUT2D eigenvalue weighted by Gasteiger charge is -2.32. The zero-order chi connectivity index (χ0) is 23.0. The Bertz CT molecular complexity index is 943. The molecule has 0 spiro atoms. The van der Waals surface area contributed by atoms with Crippen molar-refractivity contribution < 1.29 is 4.79 Å². The molecule has 3 aliphatic rings. The molecule has 2 unspecified atom stereocenters. The van der Waals surface area contributed by atoms with Gasteiger partial charge in [-0.2, -0.15) is 0 Å². The fourth-order valence-corrected chi connectivity index (χ4v) is 5.99. The summed E-state index contributed by atoms with van der Waals surface area (Å²) in [6.07, 6.45) is 21.9. The van der Waals surface area contributed by atoms with Gasteiger partial charge in [-0.05, 0) is 73.5 Å². The molecule has 1 aromatic carbocycles. The van der Waals surface area contributed by atoms with Gasteiger partial charge in [0.1, 0.15) is 5.78 Å². The largest absolute Gasteiger partial charge is 0.299 e. The molecule has 0 saturated heterocycles. The third-order valence-electron chi connectivity index (χ3n) is 8.11. The summed E-state index contributed by atoms with van der Waals surface area (Å²) in [5, 5.41) is 0. The van der Waals surface area contributed by atoms with Gasteiger partial charge in [-0.15, -0.1) is 0 Å². The van der Waals surface area contributed by atoms with Crippen LogP contribution in [0.4, 0.5) is 0 Å². The average molecular weight is 444 g/mol. The lowest BCUT2D eigenvalue weighted by Crippen LogP contribution is -2.24. The molecule has 2 atom stereocenters. The molecule has 2 nitrogen and oxygen atoms in total. The number of ketones is 1. The van der Waals surface area contributed by atoms with Crippen LogP contribution in [-0.4, -0.2) is 11.5 Å². The molecule has 176 valence electrons. The van der Waals surface area contributed by atoms with Gasteiger partial charge in [0.05, 0.1) is 5.71 Å². The molecule has 4 rings (SSSR count). The quantitative estimate of drug-likeness (QED) is 0.377. The molecule has 1 saturated carbocycles. The van der Waals surface area contributed by atoms with Crippen molar-refractivity contribution in [2.75, 3.05) is 0 Å². The predicted molar refractivity (Wildman–Crippen MR) is 140 cm³/mol. The van der Waals surface area contributed by atoms with Crippen LogP contribution in [0.5, 0.6) is 0 Å². The van der Waals surface area contributed by atoms with Crippen LogP contribution >= 0.6 is 0 Å². The fourth-order valence-electron chi connectivity index (χ4n) is 5.99. The van der Waals surface area contributed by atoms with E-state index >= 15 is 0 Å². The maximum absolute atomic E-state index is 12.6. The summed E-state index contributed by atoms with van der Waals surface area (Å²) in [6.45, 7) is 4.47. The number of hydrogen-bond donors (Lipinski definition) is 0. The Labute approximate surface area is 201 Å². The minimum absolute atomic E-state index is 0.392. The van der Waals surface area contributed by atoms with E-state index in [9.17, 15) is 4.79 Å². The summed E-state index contributed by atoms with van der Waals surface area (Å²) in [4.78, 5) is 17.6. The summed E-state index contributed by atoms with van der Waals surface area (Å²) in [7, 11) is 0. The van der Waals surface area contributed by atoms with Gasteiger partial charge in [-0.3, -0.25) is 9.79 Å². The van der Waals surface area contributed by atoms with Gasteiger partial charge >= 0.3 is 0 Å². The van der Waals surface area contributed by atoms with E-state index in [4.69, 9.17) is 4.99 Å². The van der Waals surface area contributed by atoms with E-state index in [1.165, 1.54) is 67.4 Å². The maximum Gasteiger partial charge on any atom is 0.137 e. The smallest absolute Gasteiger partial charge is 0.137 e. The van der Waals surface area contributed by atoms with Crippen LogP contribution in [0.15, 0.2) is 64.8 Å². The number of carbonyl (C=O) groups excluding carboxylic acids is 1. The number of benzene rings is 1. The first-order valence-electron chi connectivity index (χ1n) is 13.4. The van der Waals surface area contributed by atoms with E-state index in [2.05, 4.69) is 56.3 Å². The van der Waals surface area contributed by atoms with Crippen molar-refractivity contribution in [2.24, 2.45) is 16.8 Å². The predicted octanol–water partition coefficient (Wildman–Crippen LogP) is 8.29. The van der Waals surface area contributed by atoms with Crippen molar-refractivity contribution in [3.05, 3.63) is 71.0 Å². The van der Waals surface area contributed by atoms with E-state index in [-0.39, 0.29) is 0 Å². The first kappa shape index (κ1) is 23.9. The Kier molecular flexibility index (Phi) is 8.53. The van der Waals surface area contributed by atoms with Crippen LogP contribution < -0.4 is 0 Å². The number of carbonyl (C=O) groups is 1. The molecule has 0 amide bonds. The monoisotopic (exact) mass is 443 g/mol. The molecule has 2 aliphatic carbocycles. The first-order valence-corrected chi connectivity index (χ1v) is 13.4. The van der Waals surface area contributed by atoms with Gasteiger partial charge in [0.15, 0.2) is 0 Å². The van der Waals surface area contributed by atoms with Gasteiger partial charge in [-0.25, -0.2) is 0 Å². The van der Waals surface area contributed by atoms with Gasteiger partial charge in [0, 0.05) is 25.0 Å². The van der Waals surface area contributed by atoms with E-state index in [0.29, 0.717) is 30.0 Å². The molecule has 1 aliphatic heterocycles. The van der Waals surface area contributed by atoms with E-state index < -0.39 is 0 Å². The highest BCUT2D eigenvalue weighted by Gasteiger charge is 2.29. The van der Waals surface area contributed by atoms with Crippen molar-refractivity contribution in [1.29, 1.82) is 0 Å². The third kappa shape index (κ3) is 6.22. The number of nitrogens with zero attached hydrogens (tertiary/aromatic N) is 1. The molecule has 0 aromatic heterocycles. The summed E-state index contributed by atoms with van der Waals surface area (Å²) in [5.41, 5.74) is 6.93. The topological polar surface area (TPSA) is 29.4 Å². The van der Waals surface area contributed by atoms with Crippen molar-refractivity contribution in [3.8, 4) is 0 Å². The Balaban J connectivity index is 1.42. The van der Waals surface area contributed by atoms with Crippen LogP contribution in [0.3, 0.4) is 0 Å². The second-order valence-corrected chi connectivity index (χ2v) is 10.3. The maximum atomic E-state index is 12.6. The van der Waals surface area contributed by atoms with Crippen LogP contribution in [0.2, 0.25) is 0 Å². The summed E-state index contributed by atoms with van der Waals surface area (Å²) >= 11 is 0. The highest BCUT2D eigenvalue weighted by atomic mass is 16.1. The number of rotatable bonds is 9. The Morgan fingerprint density at radius 2 is 1.97 bits per heavy atom. The highest BCUT2D eigenvalue weighted by molar-refractivity contribution is 6.05. The van der Waals surface area contributed by atoms with Crippen molar-refractivity contribution >= 4 is 11.5 Å². The minimum Gasteiger partial charge on any atom is -0.299 e. The molecule has 1 aromatic rings. The van der Waals surface area contributed by atoms with Crippen LogP contribution in [0.1, 0.15) is 102 Å². The molecule has 0 radical (unpaired) electrons. The van der Waals surface area contributed by atoms with E-state index in [1.54, 1.807) is 5.57 Å². The second-order valence-electron chi connectivity index (χ2n) is 10.3. The number of aliphatic imine (C=N–C) groups is 1. The Morgan fingerprint density at radius 1 is 1.12 bits per heavy atom. The highest BCUT2D eigenvalue weighted by Crippen LogP contribution is 2.40. The second kappa shape index (κ2) is 11.8. The summed E-state index contributed by atoms with van der Waals surface area (Å²) in [6, 6.07) is 8.91. The SMILES string of the molecule is CCC(CC)CCC(=O)Cc1cccc(C2CCCC(C3=NC=CCC4=C3C=CCC4)C2)c1. The first-order chi connectivity index (χ1) is 16.2. The Morgan fingerprint density at radius 3 is 2.82 bits per heavy atom. The van der Waals surface area contributed by atoms with Crippen LogP contribution in [-0.2, 0) is 11.2 Å². The normalized spacial score (nSPS) is 22.8. The Hall–Kier alpha value is -2.22. The third-order valence-corrected chi connectivity index (χ3v) is 8.11. The van der Waals surface area contributed by atoms with Gasteiger partial charge < -0.3 is 0 Å². The molecule has 33 heavy (non-hydrogen) atoms. The lowest BCUT2D eigenvalue weighted by molar-refractivity contribution is -0.118. The van der Waals surface area contributed by atoms with E-state index in [0.717, 1.165) is 25.7 Å². The molecule has 1 fully saturated rings. The van der Waals surface area contributed by atoms with Crippen LogP contribution in [0.25, 0.3) is 0 Å². The molecule has 2 heteroatoms. The summed E-state index contributed by atoms with van der Waals surface area (Å²) in [5.74, 6) is 2.18. The molecular formula is C31H41NO. The fraction of sp³-hybridized carbons (Fsp3) is 0.548. The lowest BCUT2D eigenvalue weighted by atomic mass is 9.73.